The quantitative estimate of drug-likeness (QED) is 0.835. The van der Waals surface area contributed by atoms with E-state index in [1.165, 1.54) is 0 Å². The molecule has 0 aliphatic heterocycles. The average Bonchev–Trinajstić information content (AvgIpc) is 2.78. The van der Waals surface area contributed by atoms with Crippen molar-refractivity contribution >= 4 is 12.1 Å². The van der Waals surface area contributed by atoms with Gasteiger partial charge in [-0.15, -0.1) is 5.10 Å². The van der Waals surface area contributed by atoms with Crippen molar-refractivity contribution in [2.24, 2.45) is 0 Å². The van der Waals surface area contributed by atoms with E-state index >= 15 is 0 Å². The predicted octanol–water partition coefficient (Wildman–Crippen LogP) is 2.36. The molecule has 1 aromatic heterocycles. The molecule has 0 bridgehead atoms. The van der Waals surface area contributed by atoms with E-state index in [2.05, 4.69) is 15.6 Å². The normalized spacial score (nSPS) is 12.8. The van der Waals surface area contributed by atoms with E-state index in [1.54, 1.807) is 25.5 Å². The molecule has 0 saturated heterocycles. The van der Waals surface area contributed by atoms with E-state index < -0.39 is 17.7 Å². The van der Waals surface area contributed by atoms with Crippen LogP contribution in [0.5, 0.6) is 0 Å². The Balaban J connectivity index is 2.89. The molecule has 1 atom stereocenters. The lowest BCUT2D eigenvalue weighted by Gasteiger charge is -2.20. The minimum Gasteiger partial charge on any atom is -0.476 e. The van der Waals surface area contributed by atoms with Crippen LogP contribution < -0.4 is 5.32 Å². The monoisotopic (exact) mass is 312 g/mol. The van der Waals surface area contributed by atoms with E-state index in [9.17, 15) is 14.7 Å². The topological polar surface area (TPSA) is 106 Å². The third-order valence-corrected chi connectivity index (χ3v) is 2.92. The van der Waals surface area contributed by atoms with E-state index in [1.807, 2.05) is 13.8 Å². The van der Waals surface area contributed by atoms with Gasteiger partial charge in [0.25, 0.3) is 0 Å². The first kappa shape index (κ1) is 17.9. The highest BCUT2D eigenvalue weighted by Gasteiger charge is 2.23. The number of carboxylic acids is 1. The first-order chi connectivity index (χ1) is 10.2. The molecular weight excluding hydrogens is 288 g/mol. The van der Waals surface area contributed by atoms with Crippen molar-refractivity contribution in [2.45, 2.75) is 65.6 Å². The molecule has 22 heavy (non-hydrogen) atoms. The zero-order valence-electron chi connectivity index (χ0n) is 13.7. The molecule has 8 nitrogen and oxygen atoms in total. The molecule has 0 saturated carbocycles. The number of nitrogens with one attached hydrogen (secondary N) is 1. The van der Waals surface area contributed by atoms with Crippen LogP contribution in [0.1, 0.15) is 69.7 Å². The number of carbonyl (C=O) groups excluding carboxylic acids is 1. The number of carbonyl (C=O) groups is 2. The Morgan fingerprint density at radius 1 is 1.41 bits per heavy atom. The Kier molecular flexibility index (Phi) is 5.90. The zero-order valence-corrected chi connectivity index (χ0v) is 13.7. The van der Waals surface area contributed by atoms with Crippen molar-refractivity contribution in [2.75, 3.05) is 0 Å². The molecule has 0 aliphatic carbocycles. The lowest BCUT2D eigenvalue weighted by Crippen LogP contribution is -2.33. The van der Waals surface area contributed by atoms with Crippen LogP contribution in [0.25, 0.3) is 0 Å². The van der Waals surface area contributed by atoms with Gasteiger partial charge in [0.05, 0.1) is 18.3 Å². The van der Waals surface area contributed by atoms with Crippen molar-refractivity contribution < 1.29 is 19.4 Å². The van der Waals surface area contributed by atoms with Crippen molar-refractivity contribution in [1.29, 1.82) is 0 Å². The highest BCUT2D eigenvalue weighted by molar-refractivity contribution is 5.86. The third-order valence-electron chi connectivity index (χ3n) is 2.92. The van der Waals surface area contributed by atoms with Crippen LogP contribution in [0.15, 0.2) is 0 Å². The summed E-state index contributed by atoms with van der Waals surface area (Å²) in [5, 5.41) is 19.3. The molecule has 1 aromatic rings. The zero-order chi connectivity index (χ0) is 16.9. The summed E-state index contributed by atoms with van der Waals surface area (Å²) >= 11 is 0. The first-order valence-electron chi connectivity index (χ1n) is 7.30. The molecule has 0 aliphatic rings. The lowest BCUT2D eigenvalue weighted by molar-refractivity contribution is 0.0519. The number of amides is 1. The smallest absolute Gasteiger partial charge is 0.407 e. The Hall–Kier alpha value is -2.12. The highest BCUT2D eigenvalue weighted by atomic mass is 16.6. The summed E-state index contributed by atoms with van der Waals surface area (Å²) in [6, 6.07) is 0.000960. The summed E-state index contributed by atoms with van der Waals surface area (Å²) in [7, 11) is 0. The summed E-state index contributed by atoms with van der Waals surface area (Å²) in [6.45, 7) is 9.22. The number of alkyl carbamates (subject to hydrolysis) is 1. The standard InChI is InChI=1S/C14H24N4O4/c1-6-7-9(2)18-10(11(12(19)20)16-17-18)8-15-13(21)22-14(3,4)5/h9H,6-8H2,1-5H3,(H,15,21)(H,19,20). The number of hydrogen-bond acceptors (Lipinski definition) is 5. The van der Waals surface area contributed by atoms with Crippen molar-refractivity contribution in [1.82, 2.24) is 20.3 Å². The maximum atomic E-state index is 11.7. The van der Waals surface area contributed by atoms with Gasteiger partial charge in [0.15, 0.2) is 5.69 Å². The Labute approximate surface area is 129 Å². The Bertz CT molecular complexity index is 533. The molecule has 1 heterocycles. The molecular formula is C14H24N4O4. The number of hydrogen-bond donors (Lipinski definition) is 2. The number of aromatic nitrogens is 3. The van der Waals surface area contributed by atoms with Crippen LogP contribution in [-0.2, 0) is 11.3 Å². The van der Waals surface area contributed by atoms with Crippen LogP contribution in [0.2, 0.25) is 0 Å². The van der Waals surface area contributed by atoms with Gasteiger partial charge >= 0.3 is 12.1 Å². The maximum absolute atomic E-state index is 11.7. The fourth-order valence-corrected chi connectivity index (χ4v) is 2.01. The van der Waals surface area contributed by atoms with Gasteiger partial charge < -0.3 is 15.2 Å². The summed E-state index contributed by atoms with van der Waals surface area (Å²) in [6.07, 6.45) is 1.16. The van der Waals surface area contributed by atoms with Crippen LogP contribution in [0.4, 0.5) is 4.79 Å². The lowest BCUT2D eigenvalue weighted by atomic mass is 10.2. The largest absolute Gasteiger partial charge is 0.476 e. The number of carboxylic acid groups (broad SMARTS) is 1. The summed E-state index contributed by atoms with van der Waals surface area (Å²) in [5.74, 6) is -1.17. The molecule has 2 N–H and O–H groups in total. The van der Waals surface area contributed by atoms with E-state index in [0.717, 1.165) is 12.8 Å². The van der Waals surface area contributed by atoms with Crippen LogP contribution in [-0.4, -0.2) is 37.8 Å². The van der Waals surface area contributed by atoms with Gasteiger partial charge in [-0.25, -0.2) is 14.3 Å². The molecule has 1 unspecified atom stereocenters. The highest BCUT2D eigenvalue weighted by Crippen LogP contribution is 2.17. The number of rotatable bonds is 6. The van der Waals surface area contributed by atoms with Gasteiger partial charge in [0.1, 0.15) is 5.60 Å². The second-order valence-corrected chi connectivity index (χ2v) is 6.13. The van der Waals surface area contributed by atoms with Gasteiger partial charge in [-0.05, 0) is 34.1 Å². The van der Waals surface area contributed by atoms with Crippen molar-refractivity contribution in [3.05, 3.63) is 11.4 Å². The SMILES string of the molecule is CCCC(C)n1nnc(C(=O)O)c1CNC(=O)OC(C)(C)C. The van der Waals surface area contributed by atoms with Gasteiger partial charge in [-0.1, -0.05) is 18.6 Å². The van der Waals surface area contributed by atoms with E-state index in [4.69, 9.17) is 4.74 Å². The minimum absolute atomic E-state index is 0.000960. The first-order valence-corrected chi connectivity index (χ1v) is 7.30. The summed E-state index contributed by atoms with van der Waals surface area (Å²) < 4.78 is 6.68. The minimum atomic E-state index is -1.17. The summed E-state index contributed by atoms with van der Waals surface area (Å²) in [4.78, 5) is 22.9. The van der Waals surface area contributed by atoms with Crippen LogP contribution in [0.3, 0.4) is 0 Å². The average molecular weight is 312 g/mol. The molecule has 124 valence electrons. The Morgan fingerprint density at radius 3 is 2.55 bits per heavy atom. The number of nitrogens with zero attached hydrogens (tertiary/aromatic N) is 3. The summed E-state index contributed by atoms with van der Waals surface area (Å²) in [5.41, 5.74) is -0.411. The van der Waals surface area contributed by atoms with Gasteiger partial charge in [0.2, 0.25) is 0 Å². The molecule has 1 amide bonds. The second kappa shape index (κ2) is 7.24. The molecule has 0 radical (unpaired) electrons. The molecule has 1 rings (SSSR count). The maximum Gasteiger partial charge on any atom is 0.407 e. The van der Waals surface area contributed by atoms with Gasteiger partial charge in [0, 0.05) is 0 Å². The second-order valence-electron chi connectivity index (χ2n) is 6.13. The molecule has 8 heteroatoms. The molecule has 0 spiro atoms. The molecule has 0 fully saturated rings. The number of aromatic carboxylic acids is 1. The van der Waals surface area contributed by atoms with Gasteiger partial charge in [-0.3, -0.25) is 0 Å². The van der Waals surface area contributed by atoms with Crippen molar-refractivity contribution in [3.8, 4) is 0 Å². The number of ether oxygens (including phenoxy) is 1. The Morgan fingerprint density at radius 2 is 2.05 bits per heavy atom. The van der Waals surface area contributed by atoms with E-state index in [0.29, 0.717) is 5.69 Å². The van der Waals surface area contributed by atoms with Crippen molar-refractivity contribution in [3.63, 3.8) is 0 Å². The third kappa shape index (κ3) is 5.01. The predicted molar refractivity (Wildman–Crippen MR) is 79.7 cm³/mol. The van der Waals surface area contributed by atoms with Gasteiger partial charge in [-0.2, -0.15) is 0 Å². The fourth-order valence-electron chi connectivity index (χ4n) is 2.01. The molecule has 0 aromatic carbocycles. The van der Waals surface area contributed by atoms with Crippen LogP contribution in [0, 0.1) is 0 Å². The van der Waals surface area contributed by atoms with Crippen LogP contribution >= 0.6 is 0 Å². The fraction of sp³-hybridized carbons (Fsp3) is 0.714. The van der Waals surface area contributed by atoms with E-state index in [-0.39, 0.29) is 18.3 Å².